The van der Waals surface area contributed by atoms with Crippen molar-refractivity contribution in [3.8, 4) is 0 Å². The van der Waals surface area contributed by atoms with Crippen LogP contribution in [0, 0.1) is 17.8 Å². The number of hydrogen-bond acceptors (Lipinski definition) is 2. The van der Waals surface area contributed by atoms with Gasteiger partial charge in [-0.2, -0.15) is 0 Å². The van der Waals surface area contributed by atoms with Crippen LogP contribution >= 0.6 is 0 Å². The third kappa shape index (κ3) is 2.70. The lowest BCUT2D eigenvalue weighted by Crippen LogP contribution is -2.42. The van der Waals surface area contributed by atoms with E-state index in [0.717, 1.165) is 30.8 Å². The van der Waals surface area contributed by atoms with Crippen LogP contribution in [-0.4, -0.2) is 24.0 Å². The van der Waals surface area contributed by atoms with Gasteiger partial charge in [0.25, 0.3) is 0 Å². The van der Waals surface area contributed by atoms with Crippen molar-refractivity contribution < 1.29 is 0 Å². The molecule has 0 radical (unpaired) electrons. The molecular formula is C17H26N2. The standard InChI is InChI=1S/C17H26N2/c1-2-19(11-13-6-4-3-5-7-13)12-16-14-8-9-15(10-14)17(16)18/h3-7,14-17H,2,8-12,18H2,1H3. The van der Waals surface area contributed by atoms with Crippen molar-refractivity contribution in [1.29, 1.82) is 0 Å². The summed E-state index contributed by atoms with van der Waals surface area (Å²) >= 11 is 0. The Bertz CT molecular complexity index is 401. The fourth-order valence-corrected chi connectivity index (χ4v) is 4.17. The predicted octanol–water partition coefficient (Wildman–Crippen LogP) is 2.88. The first-order valence-electron chi connectivity index (χ1n) is 7.79. The molecule has 104 valence electrons. The number of nitrogens with zero attached hydrogens (tertiary/aromatic N) is 1. The minimum atomic E-state index is 0.462. The van der Waals surface area contributed by atoms with Crippen LogP contribution in [0.2, 0.25) is 0 Å². The lowest BCUT2D eigenvalue weighted by atomic mass is 9.84. The normalized spacial score (nSPS) is 33.2. The molecule has 4 unspecified atom stereocenters. The summed E-state index contributed by atoms with van der Waals surface area (Å²) in [5, 5.41) is 0. The highest BCUT2D eigenvalue weighted by Gasteiger charge is 2.45. The van der Waals surface area contributed by atoms with Gasteiger partial charge in [-0.25, -0.2) is 0 Å². The number of hydrogen-bond donors (Lipinski definition) is 1. The highest BCUT2D eigenvalue weighted by Crippen LogP contribution is 2.47. The van der Waals surface area contributed by atoms with Crippen molar-refractivity contribution in [2.45, 2.75) is 38.8 Å². The molecule has 2 N–H and O–H groups in total. The second-order valence-corrected chi connectivity index (χ2v) is 6.39. The van der Waals surface area contributed by atoms with Crippen LogP contribution in [0.4, 0.5) is 0 Å². The molecule has 0 spiro atoms. The van der Waals surface area contributed by atoms with E-state index in [1.54, 1.807) is 0 Å². The van der Waals surface area contributed by atoms with Crippen LogP contribution in [0.15, 0.2) is 30.3 Å². The highest BCUT2D eigenvalue weighted by atomic mass is 15.1. The molecular weight excluding hydrogens is 232 g/mol. The van der Waals surface area contributed by atoms with Gasteiger partial charge in [0.2, 0.25) is 0 Å². The van der Waals surface area contributed by atoms with Gasteiger partial charge in [-0.1, -0.05) is 37.3 Å². The van der Waals surface area contributed by atoms with Gasteiger partial charge in [0.1, 0.15) is 0 Å². The topological polar surface area (TPSA) is 29.3 Å². The largest absolute Gasteiger partial charge is 0.327 e. The van der Waals surface area contributed by atoms with Gasteiger partial charge in [0, 0.05) is 19.1 Å². The average Bonchev–Trinajstić information content (AvgIpc) is 3.02. The maximum absolute atomic E-state index is 6.43. The van der Waals surface area contributed by atoms with E-state index in [2.05, 4.69) is 42.2 Å². The number of benzene rings is 1. The summed E-state index contributed by atoms with van der Waals surface area (Å²) in [6, 6.07) is 11.3. The predicted molar refractivity (Wildman–Crippen MR) is 79.7 cm³/mol. The molecule has 2 bridgehead atoms. The van der Waals surface area contributed by atoms with Gasteiger partial charge in [0.05, 0.1) is 0 Å². The SMILES string of the molecule is CCN(Cc1ccccc1)CC1C2CCC(C2)C1N. The first kappa shape index (κ1) is 13.1. The van der Waals surface area contributed by atoms with E-state index in [4.69, 9.17) is 5.73 Å². The van der Waals surface area contributed by atoms with Crippen molar-refractivity contribution in [1.82, 2.24) is 4.90 Å². The zero-order valence-electron chi connectivity index (χ0n) is 12.0. The molecule has 2 fully saturated rings. The van der Waals surface area contributed by atoms with E-state index in [1.165, 1.54) is 31.4 Å². The first-order chi connectivity index (χ1) is 9.28. The third-order valence-corrected chi connectivity index (χ3v) is 5.32. The van der Waals surface area contributed by atoms with E-state index in [9.17, 15) is 0 Å². The van der Waals surface area contributed by atoms with E-state index in [1.807, 2.05) is 0 Å². The first-order valence-corrected chi connectivity index (χ1v) is 7.79. The second kappa shape index (κ2) is 5.64. The number of rotatable bonds is 5. The summed E-state index contributed by atoms with van der Waals surface area (Å²) in [5.41, 5.74) is 7.85. The summed E-state index contributed by atoms with van der Waals surface area (Å²) in [7, 11) is 0. The zero-order chi connectivity index (χ0) is 13.2. The molecule has 2 aliphatic rings. The maximum Gasteiger partial charge on any atom is 0.0233 e. The Labute approximate surface area is 117 Å². The van der Waals surface area contributed by atoms with Crippen LogP contribution in [0.1, 0.15) is 31.7 Å². The molecule has 1 aromatic carbocycles. The van der Waals surface area contributed by atoms with Crippen LogP contribution < -0.4 is 5.73 Å². The molecule has 2 heteroatoms. The Hall–Kier alpha value is -0.860. The van der Waals surface area contributed by atoms with Crippen molar-refractivity contribution in [2.24, 2.45) is 23.5 Å². The van der Waals surface area contributed by atoms with Gasteiger partial charge in [-0.05, 0) is 49.1 Å². The zero-order valence-corrected chi connectivity index (χ0v) is 12.0. The summed E-state index contributed by atoms with van der Waals surface area (Å²) < 4.78 is 0. The number of nitrogens with two attached hydrogens (primary N) is 1. The summed E-state index contributed by atoms with van der Waals surface area (Å²) in [6.45, 7) is 5.64. The molecule has 0 heterocycles. The molecule has 0 amide bonds. The molecule has 0 aliphatic heterocycles. The highest BCUT2D eigenvalue weighted by molar-refractivity contribution is 5.14. The van der Waals surface area contributed by atoms with Crippen molar-refractivity contribution in [3.05, 3.63) is 35.9 Å². The Kier molecular flexibility index (Phi) is 3.90. The number of fused-ring (bicyclic) bond motifs is 2. The molecule has 19 heavy (non-hydrogen) atoms. The fraction of sp³-hybridized carbons (Fsp3) is 0.647. The molecule has 1 aromatic rings. The van der Waals surface area contributed by atoms with Gasteiger partial charge in [0.15, 0.2) is 0 Å². The van der Waals surface area contributed by atoms with Gasteiger partial charge < -0.3 is 5.73 Å². The van der Waals surface area contributed by atoms with E-state index >= 15 is 0 Å². The van der Waals surface area contributed by atoms with Crippen molar-refractivity contribution >= 4 is 0 Å². The van der Waals surface area contributed by atoms with Crippen LogP contribution in [0.5, 0.6) is 0 Å². The van der Waals surface area contributed by atoms with Gasteiger partial charge in [-0.15, -0.1) is 0 Å². The second-order valence-electron chi connectivity index (χ2n) is 6.39. The quantitative estimate of drug-likeness (QED) is 0.880. The lowest BCUT2D eigenvalue weighted by molar-refractivity contribution is 0.174. The monoisotopic (exact) mass is 258 g/mol. The van der Waals surface area contributed by atoms with E-state index in [-0.39, 0.29) is 0 Å². The summed E-state index contributed by atoms with van der Waals surface area (Å²) in [6.07, 6.45) is 4.20. The van der Waals surface area contributed by atoms with E-state index in [0.29, 0.717) is 6.04 Å². The van der Waals surface area contributed by atoms with Crippen molar-refractivity contribution in [3.63, 3.8) is 0 Å². The Balaban J connectivity index is 1.61. The average molecular weight is 258 g/mol. The molecule has 0 aromatic heterocycles. The van der Waals surface area contributed by atoms with Gasteiger partial charge in [-0.3, -0.25) is 4.90 Å². The molecule has 2 aliphatic carbocycles. The van der Waals surface area contributed by atoms with Crippen LogP contribution in [-0.2, 0) is 6.54 Å². The fourth-order valence-electron chi connectivity index (χ4n) is 4.17. The molecule has 4 atom stereocenters. The maximum atomic E-state index is 6.43. The van der Waals surface area contributed by atoms with Gasteiger partial charge >= 0.3 is 0 Å². The van der Waals surface area contributed by atoms with Crippen LogP contribution in [0.25, 0.3) is 0 Å². The summed E-state index contributed by atoms with van der Waals surface area (Å²) in [5.74, 6) is 2.47. The molecule has 2 nitrogen and oxygen atoms in total. The molecule has 0 saturated heterocycles. The molecule has 2 saturated carbocycles. The minimum Gasteiger partial charge on any atom is -0.327 e. The Morgan fingerprint density at radius 2 is 1.89 bits per heavy atom. The summed E-state index contributed by atoms with van der Waals surface area (Å²) in [4.78, 5) is 2.57. The Morgan fingerprint density at radius 1 is 1.16 bits per heavy atom. The Morgan fingerprint density at radius 3 is 2.53 bits per heavy atom. The van der Waals surface area contributed by atoms with E-state index < -0.39 is 0 Å². The minimum absolute atomic E-state index is 0.462. The lowest BCUT2D eigenvalue weighted by Gasteiger charge is -2.33. The van der Waals surface area contributed by atoms with Crippen LogP contribution in [0.3, 0.4) is 0 Å². The van der Waals surface area contributed by atoms with Crippen molar-refractivity contribution in [2.75, 3.05) is 13.1 Å². The smallest absolute Gasteiger partial charge is 0.0233 e. The molecule has 3 rings (SSSR count). The third-order valence-electron chi connectivity index (χ3n) is 5.32.